The van der Waals surface area contributed by atoms with Crippen LogP contribution < -0.4 is 10.1 Å². The smallest absolute Gasteiger partial charge is 0.270 e. The number of methoxy groups -OCH3 is 1. The second kappa shape index (κ2) is 14.0. The molecule has 1 fully saturated rings. The molecule has 10 heteroatoms. The fourth-order valence-corrected chi connectivity index (χ4v) is 7.04. The molecule has 0 spiro atoms. The first-order valence-corrected chi connectivity index (χ1v) is 16.3. The van der Waals surface area contributed by atoms with E-state index >= 15 is 0 Å². The third kappa shape index (κ3) is 7.33. The van der Waals surface area contributed by atoms with Crippen LogP contribution in [0, 0.1) is 0 Å². The van der Waals surface area contributed by atoms with Crippen molar-refractivity contribution in [3.05, 3.63) is 118 Å². The number of nitrogens with one attached hydrogen (secondary N) is 1. The Bertz CT molecular complexity index is 1630. The Balaban J connectivity index is 1.08. The van der Waals surface area contributed by atoms with Crippen LogP contribution in [0.2, 0.25) is 0 Å². The van der Waals surface area contributed by atoms with Crippen LogP contribution in [-0.2, 0) is 18.7 Å². The maximum atomic E-state index is 13.0. The zero-order valence-electron chi connectivity index (χ0n) is 24.1. The van der Waals surface area contributed by atoms with Gasteiger partial charge in [0.25, 0.3) is 5.91 Å². The van der Waals surface area contributed by atoms with Crippen LogP contribution in [0.4, 0.5) is 0 Å². The number of piperidine rings is 1. The van der Waals surface area contributed by atoms with Gasteiger partial charge in [-0.1, -0.05) is 84.6 Å². The van der Waals surface area contributed by atoms with E-state index in [4.69, 9.17) is 4.74 Å². The number of benzene rings is 3. The van der Waals surface area contributed by atoms with E-state index in [2.05, 4.69) is 66.4 Å². The van der Waals surface area contributed by atoms with Crippen molar-refractivity contribution in [1.82, 2.24) is 30.0 Å². The lowest BCUT2D eigenvalue weighted by Gasteiger charge is -2.32. The molecular formula is C33H34N6O2S2. The van der Waals surface area contributed by atoms with E-state index in [1.807, 2.05) is 53.9 Å². The average Bonchev–Trinajstić information content (AvgIpc) is 3.69. The Morgan fingerprint density at radius 2 is 1.65 bits per heavy atom. The van der Waals surface area contributed by atoms with E-state index in [0.29, 0.717) is 17.9 Å². The van der Waals surface area contributed by atoms with Gasteiger partial charge >= 0.3 is 0 Å². The number of amides is 1. The van der Waals surface area contributed by atoms with Crippen molar-refractivity contribution in [2.45, 2.75) is 42.8 Å². The van der Waals surface area contributed by atoms with Crippen molar-refractivity contribution in [3.63, 3.8) is 0 Å². The van der Waals surface area contributed by atoms with E-state index in [0.717, 1.165) is 65.5 Å². The first-order chi connectivity index (χ1) is 21.2. The third-order valence-corrected chi connectivity index (χ3v) is 9.48. The number of carbonyl (C=O) groups is 1. The van der Waals surface area contributed by atoms with Crippen LogP contribution in [0.1, 0.15) is 45.3 Å². The van der Waals surface area contributed by atoms with Crippen LogP contribution in [-0.4, -0.2) is 56.8 Å². The number of hydrogen-bond acceptors (Lipinski definition) is 8. The van der Waals surface area contributed by atoms with Gasteiger partial charge in [0, 0.05) is 37.5 Å². The summed E-state index contributed by atoms with van der Waals surface area (Å²) in [7, 11) is 1.67. The Morgan fingerprint density at radius 3 is 2.40 bits per heavy atom. The molecule has 3 aromatic carbocycles. The van der Waals surface area contributed by atoms with Gasteiger partial charge in [-0.3, -0.25) is 14.3 Å². The number of likely N-dealkylation sites (tertiary alicyclic amines) is 1. The summed E-state index contributed by atoms with van der Waals surface area (Å²) in [6.45, 7) is 2.89. The minimum absolute atomic E-state index is 0.101. The summed E-state index contributed by atoms with van der Waals surface area (Å²) in [5.74, 6) is 2.05. The molecule has 8 nitrogen and oxygen atoms in total. The standard InChI is InChI=1S/C33H34N6O2S2/c1-41-29-15-9-8-14-28(29)39-30(20-24-10-4-2-5-11-24)36-37-33(39)43-23-31-35-27(22-42-31)32(40)34-26-16-18-38(19-17-26)21-25-12-6-3-7-13-25/h2-15,22,26H,16-21,23H2,1H3,(H,34,40). The fourth-order valence-electron chi connectivity index (χ4n) is 5.29. The lowest BCUT2D eigenvalue weighted by Crippen LogP contribution is -2.44. The van der Waals surface area contributed by atoms with Gasteiger partial charge in [0.15, 0.2) is 5.16 Å². The summed E-state index contributed by atoms with van der Waals surface area (Å²) in [5.41, 5.74) is 3.84. The highest BCUT2D eigenvalue weighted by Crippen LogP contribution is 2.31. The minimum Gasteiger partial charge on any atom is -0.495 e. The molecule has 6 rings (SSSR count). The summed E-state index contributed by atoms with van der Waals surface area (Å²) in [4.78, 5) is 20.1. The SMILES string of the molecule is COc1ccccc1-n1c(Cc2ccccc2)nnc1SCc1nc(C(=O)NC2CCN(Cc3ccccc3)CC2)cs1. The van der Waals surface area contributed by atoms with Crippen LogP contribution in [0.15, 0.2) is 95.5 Å². The Kier molecular flexibility index (Phi) is 9.47. The monoisotopic (exact) mass is 610 g/mol. The van der Waals surface area contributed by atoms with E-state index in [1.54, 1.807) is 18.9 Å². The van der Waals surface area contributed by atoms with Crippen molar-refractivity contribution in [2.24, 2.45) is 0 Å². The van der Waals surface area contributed by atoms with Gasteiger partial charge in [-0.05, 0) is 36.1 Å². The quantitative estimate of drug-likeness (QED) is 0.183. The van der Waals surface area contributed by atoms with Crippen molar-refractivity contribution in [1.29, 1.82) is 0 Å². The number of rotatable bonds is 11. The summed E-state index contributed by atoms with van der Waals surface area (Å²) >= 11 is 3.05. The molecule has 1 amide bonds. The van der Waals surface area contributed by atoms with E-state index in [9.17, 15) is 4.79 Å². The van der Waals surface area contributed by atoms with E-state index in [1.165, 1.54) is 16.9 Å². The van der Waals surface area contributed by atoms with Gasteiger partial charge in [0.1, 0.15) is 22.3 Å². The van der Waals surface area contributed by atoms with Gasteiger partial charge in [-0.2, -0.15) is 0 Å². The van der Waals surface area contributed by atoms with Crippen LogP contribution >= 0.6 is 23.1 Å². The molecule has 1 N–H and O–H groups in total. The molecule has 0 aliphatic carbocycles. The molecule has 0 atom stereocenters. The Labute approximate surface area is 260 Å². The predicted octanol–water partition coefficient (Wildman–Crippen LogP) is 6.01. The summed E-state index contributed by atoms with van der Waals surface area (Å²) in [5, 5.41) is 15.8. The molecular weight excluding hydrogens is 577 g/mol. The lowest BCUT2D eigenvalue weighted by atomic mass is 10.0. The normalized spacial score (nSPS) is 14.1. The number of thioether (sulfide) groups is 1. The van der Waals surface area contributed by atoms with Crippen LogP contribution in [0.25, 0.3) is 5.69 Å². The van der Waals surface area contributed by atoms with Gasteiger partial charge in [0.05, 0.1) is 18.6 Å². The maximum absolute atomic E-state index is 13.0. The van der Waals surface area contributed by atoms with Crippen LogP contribution in [0.3, 0.4) is 0 Å². The number of thiazole rings is 1. The minimum atomic E-state index is -0.101. The Hall–Kier alpha value is -3.99. The van der Waals surface area contributed by atoms with Crippen LogP contribution in [0.5, 0.6) is 5.75 Å². The summed E-state index contributed by atoms with van der Waals surface area (Å²) < 4.78 is 7.73. The molecule has 0 saturated carbocycles. The third-order valence-electron chi connectivity index (χ3n) is 7.51. The summed E-state index contributed by atoms with van der Waals surface area (Å²) in [6, 6.07) is 28.8. The number of carbonyl (C=O) groups excluding carboxylic acids is 1. The molecule has 3 heterocycles. The van der Waals surface area contributed by atoms with Gasteiger partial charge in [0.2, 0.25) is 0 Å². The first kappa shape index (κ1) is 29.1. The molecule has 1 aliphatic rings. The molecule has 5 aromatic rings. The maximum Gasteiger partial charge on any atom is 0.270 e. The first-order valence-electron chi connectivity index (χ1n) is 14.4. The molecule has 0 unspecified atom stereocenters. The molecule has 43 heavy (non-hydrogen) atoms. The van der Waals surface area contributed by atoms with Crippen molar-refractivity contribution >= 4 is 29.0 Å². The molecule has 1 aliphatic heterocycles. The zero-order chi connectivity index (χ0) is 29.4. The van der Waals surface area contributed by atoms with Gasteiger partial charge in [-0.25, -0.2) is 4.98 Å². The lowest BCUT2D eigenvalue weighted by molar-refractivity contribution is 0.0904. The predicted molar refractivity (Wildman–Crippen MR) is 171 cm³/mol. The molecule has 0 radical (unpaired) electrons. The average molecular weight is 611 g/mol. The van der Waals surface area contributed by atoms with Crippen molar-refractivity contribution < 1.29 is 9.53 Å². The highest BCUT2D eigenvalue weighted by molar-refractivity contribution is 7.98. The molecule has 1 saturated heterocycles. The van der Waals surface area contributed by atoms with Crippen molar-refractivity contribution in [2.75, 3.05) is 20.2 Å². The number of aromatic nitrogens is 4. The summed E-state index contributed by atoms with van der Waals surface area (Å²) in [6.07, 6.45) is 2.52. The number of para-hydroxylation sites is 2. The molecule has 220 valence electrons. The number of hydrogen-bond donors (Lipinski definition) is 1. The Morgan fingerprint density at radius 1 is 0.953 bits per heavy atom. The van der Waals surface area contributed by atoms with E-state index in [-0.39, 0.29) is 11.9 Å². The van der Waals surface area contributed by atoms with Crippen molar-refractivity contribution in [3.8, 4) is 11.4 Å². The number of nitrogens with zero attached hydrogens (tertiary/aromatic N) is 5. The highest BCUT2D eigenvalue weighted by Gasteiger charge is 2.23. The second-order valence-electron chi connectivity index (χ2n) is 10.5. The van der Waals surface area contributed by atoms with Gasteiger partial charge in [-0.15, -0.1) is 21.5 Å². The second-order valence-corrected chi connectivity index (χ2v) is 12.4. The number of ether oxygens (including phenoxy) is 1. The van der Waals surface area contributed by atoms with Gasteiger partial charge < -0.3 is 10.1 Å². The molecule has 2 aromatic heterocycles. The largest absolute Gasteiger partial charge is 0.495 e. The fraction of sp³-hybridized carbons (Fsp3) is 0.273. The van der Waals surface area contributed by atoms with E-state index < -0.39 is 0 Å². The molecule has 0 bridgehead atoms. The highest BCUT2D eigenvalue weighted by atomic mass is 32.2. The zero-order valence-corrected chi connectivity index (χ0v) is 25.7. The topological polar surface area (TPSA) is 85.2 Å².